The van der Waals surface area contributed by atoms with Crippen LogP contribution in [-0.4, -0.2) is 22.3 Å². The zero-order valence-electron chi connectivity index (χ0n) is 18.8. The summed E-state index contributed by atoms with van der Waals surface area (Å²) in [5.41, 5.74) is 3.73. The Morgan fingerprint density at radius 1 is 0.912 bits per heavy atom. The number of aryl methyl sites for hydroxylation is 2. The normalized spacial score (nSPS) is 15.0. The maximum atomic E-state index is 13.0. The van der Waals surface area contributed by atoms with Crippen molar-refractivity contribution in [2.75, 3.05) is 11.5 Å². The van der Waals surface area contributed by atoms with Crippen LogP contribution in [0.1, 0.15) is 17.5 Å². The van der Waals surface area contributed by atoms with E-state index in [-0.39, 0.29) is 11.1 Å². The van der Waals surface area contributed by atoms with Crippen molar-refractivity contribution in [3.8, 4) is 5.75 Å². The van der Waals surface area contributed by atoms with Crippen LogP contribution in [0.3, 0.4) is 0 Å². The first kappa shape index (κ1) is 22.0. The van der Waals surface area contributed by atoms with Gasteiger partial charge in [-0.25, -0.2) is 4.90 Å². The number of para-hydroxylation sites is 3. The molecule has 1 aromatic heterocycles. The molecule has 1 aliphatic rings. The van der Waals surface area contributed by atoms with Gasteiger partial charge in [-0.15, -0.1) is 0 Å². The van der Waals surface area contributed by atoms with E-state index in [1.165, 1.54) is 4.90 Å². The van der Waals surface area contributed by atoms with Crippen molar-refractivity contribution in [2.45, 2.75) is 19.9 Å². The fourth-order valence-corrected chi connectivity index (χ4v) is 4.95. The van der Waals surface area contributed by atoms with Crippen LogP contribution >= 0.6 is 11.8 Å². The van der Waals surface area contributed by atoms with E-state index in [0.717, 1.165) is 52.5 Å². The molecule has 0 unspecified atom stereocenters. The predicted octanol–water partition coefficient (Wildman–Crippen LogP) is 6.66. The monoisotopic (exact) mass is 468 g/mol. The number of benzene rings is 3. The van der Waals surface area contributed by atoms with Gasteiger partial charge >= 0.3 is 0 Å². The molecule has 0 aliphatic carbocycles. The van der Waals surface area contributed by atoms with Crippen LogP contribution in [-0.2, 0) is 11.3 Å². The first-order chi connectivity index (χ1) is 16.6. The molecule has 1 aliphatic heterocycles. The summed E-state index contributed by atoms with van der Waals surface area (Å²) in [7, 11) is 0. The van der Waals surface area contributed by atoms with E-state index >= 15 is 0 Å². The number of thioether (sulfide) groups is 1. The standard InChI is InChI=1S/C28H24N2O3S/c1-20-10-5-8-15-25(20)33-17-9-16-29-19-21(23-13-6-7-14-24(23)29)18-26-27(31)30(28(32)34-26)22-11-3-2-4-12-22/h2-8,10-15,18-19H,9,16-17H2,1H3/b26-18-. The largest absolute Gasteiger partial charge is 0.493 e. The molecule has 5 rings (SSSR count). The van der Waals surface area contributed by atoms with Crippen LogP contribution in [0.25, 0.3) is 17.0 Å². The minimum Gasteiger partial charge on any atom is -0.493 e. The highest BCUT2D eigenvalue weighted by Crippen LogP contribution is 2.36. The van der Waals surface area contributed by atoms with E-state index in [1.807, 2.05) is 73.7 Å². The maximum absolute atomic E-state index is 13.0. The number of anilines is 1. The molecule has 0 N–H and O–H groups in total. The molecule has 6 heteroatoms. The number of hydrogen-bond donors (Lipinski definition) is 0. The number of nitrogens with zero attached hydrogens (tertiary/aromatic N) is 2. The van der Waals surface area contributed by atoms with E-state index in [0.29, 0.717) is 17.2 Å². The van der Waals surface area contributed by atoms with E-state index in [1.54, 1.807) is 12.1 Å². The fraction of sp³-hybridized carbons (Fsp3) is 0.143. The first-order valence-electron chi connectivity index (χ1n) is 11.2. The van der Waals surface area contributed by atoms with Gasteiger partial charge in [0.2, 0.25) is 0 Å². The minimum atomic E-state index is -0.287. The lowest BCUT2D eigenvalue weighted by Crippen LogP contribution is -2.27. The third-order valence-electron chi connectivity index (χ3n) is 5.81. The molecule has 1 saturated heterocycles. The number of carbonyl (C=O) groups excluding carboxylic acids is 2. The highest BCUT2D eigenvalue weighted by atomic mass is 32.2. The molecule has 0 radical (unpaired) electrons. The van der Waals surface area contributed by atoms with Gasteiger partial charge < -0.3 is 9.30 Å². The second kappa shape index (κ2) is 9.61. The van der Waals surface area contributed by atoms with Crippen LogP contribution in [0.4, 0.5) is 10.5 Å². The van der Waals surface area contributed by atoms with Crippen LogP contribution in [0.2, 0.25) is 0 Å². The zero-order valence-corrected chi connectivity index (χ0v) is 19.6. The number of amides is 2. The van der Waals surface area contributed by atoms with Crippen molar-refractivity contribution in [1.82, 2.24) is 4.57 Å². The Morgan fingerprint density at radius 3 is 2.47 bits per heavy atom. The van der Waals surface area contributed by atoms with Gasteiger partial charge in [-0.3, -0.25) is 9.59 Å². The molecule has 2 heterocycles. The molecule has 5 nitrogen and oxygen atoms in total. The molecule has 0 atom stereocenters. The van der Waals surface area contributed by atoms with Gasteiger partial charge in [0.05, 0.1) is 17.2 Å². The molecular formula is C28H24N2O3S. The maximum Gasteiger partial charge on any atom is 0.298 e. The number of aromatic nitrogens is 1. The second-order valence-corrected chi connectivity index (χ2v) is 9.11. The highest BCUT2D eigenvalue weighted by molar-refractivity contribution is 8.19. The van der Waals surface area contributed by atoms with Crippen molar-refractivity contribution >= 4 is 45.6 Å². The fourth-order valence-electron chi connectivity index (χ4n) is 4.12. The van der Waals surface area contributed by atoms with Gasteiger partial charge in [0.25, 0.3) is 11.1 Å². The van der Waals surface area contributed by atoms with E-state index in [9.17, 15) is 9.59 Å². The van der Waals surface area contributed by atoms with Crippen molar-refractivity contribution < 1.29 is 14.3 Å². The van der Waals surface area contributed by atoms with Gasteiger partial charge in [0.15, 0.2) is 0 Å². The average Bonchev–Trinajstić information content (AvgIpc) is 3.34. The molecule has 34 heavy (non-hydrogen) atoms. The SMILES string of the molecule is Cc1ccccc1OCCCn1cc(/C=C2\SC(=O)N(c3ccccc3)C2=O)c2ccccc21. The topological polar surface area (TPSA) is 51.5 Å². The lowest BCUT2D eigenvalue weighted by atomic mass is 10.1. The number of ether oxygens (including phenoxy) is 1. The summed E-state index contributed by atoms with van der Waals surface area (Å²) in [6.07, 6.45) is 4.72. The number of carbonyl (C=O) groups is 2. The summed E-state index contributed by atoms with van der Waals surface area (Å²) >= 11 is 0.979. The Morgan fingerprint density at radius 2 is 1.65 bits per heavy atom. The second-order valence-electron chi connectivity index (χ2n) is 8.12. The molecule has 170 valence electrons. The summed E-state index contributed by atoms with van der Waals surface area (Å²) in [6.45, 7) is 3.44. The Hall–Kier alpha value is -3.77. The number of fused-ring (bicyclic) bond motifs is 1. The zero-order chi connectivity index (χ0) is 23.5. The number of rotatable bonds is 7. The van der Waals surface area contributed by atoms with Crippen molar-refractivity contribution in [2.24, 2.45) is 0 Å². The summed E-state index contributed by atoms with van der Waals surface area (Å²) in [5, 5.41) is 0.772. The molecule has 0 bridgehead atoms. The van der Waals surface area contributed by atoms with Gasteiger partial charge in [-0.1, -0.05) is 54.6 Å². The smallest absolute Gasteiger partial charge is 0.298 e. The average molecular weight is 469 g/mol. The van der Waals surface area contributed by atoms with Gasteiger partial charge in [0, 0.05) is 29.2 Å². The summed E-state index contributed by atoms with van der Waals surface area (Å²) in [5.74, 6) is 0.624. The Kier molecular flexibility index (Phi) is 6.23. The molecule has 0 spiro atoms. The number of imide groups is 1. The molecule has 3 aromatic carbocycles. The van der Waals surface area contributed by atoms with Gasteiger partial charge in [-0.2, -0.15) is 0 Å². The van der Waals surface area contributed by atoms with E-state index in [2.05, 4.69) is 16.8 Å². The lowest BCUT2D eigenvalue weighted by Gasteiger charge is -2.11. The van der Waals surface area contributed by atoms with Crippen LogP contribution in [0.15, 0.2) is 90.0 Å². The molecule has 1 fully saturated rings. The van der Waals surface area contributed by atoms with Gasteiger partial charge in [0.1, 0.15) is 5.75 Å². The predicted molar refractivity (Wildman–Crippen MR) is 138 cm³/mol. The van der Waals surface area contributed by atoms with Crippen LogP contribution in [0.5, 0.6) is 5.75 Å². The highest BCUT2D eigenvalue weighted by Gasteiger charge is 2.36. The number of hydrogen-bond acceptors (Lipinski definition) is 4. The van der Waals surface area contributed by atoms with Crippen molar-refractivity contribution in [1.29, 1.82) is 0 Å². The van der Waals surface area contributed by atoms with Crippen molar-refractivity contribution in [3.05, 3.63) is 101 Å². The Bertz CT molecular complexity index is 1390. The molecule has 4 aromatic rings. The third-order valence-corrected chi connectivity index (χ3v) is 6.68. The third kappa shape index (κ3) is 4.37. The Balaban J connectivity index is 1.35. The van der Waals surface area contributed by atoms with Crippen LogP contribution in [0, 0.1) is 6.92 Å². The van der Waals surface area contributed by atoms with E-state index < -0.39 is 0 Å². The lowest BCUT2D eigenvalue weighted by molar-refractivity contribution is -0.113. The molecule has 0 saturated carbocycles. The first-order valence-corrected chi connectivity index (χ1v) is 12.0. The minimum absolute atomic E-state index is 0.278. The Labute approximate surface area is 202 Å². The summed E-state index contributed by atoms with van der Waals surface area (Å²) < 4.78 is 8.13. The van der Waals surface area contributed by atoms with E-state index in [4.69, 9.17) is 4.74 Å². The quantitative estimate of drug-likeness (QED) is 0.225. The molecule has 2 amide bonds. The van der Waals surface area contributed by atoms with Gasteiger partial charge in [-0.05, 0) is 61.0 Å². The summed E-state index contributed by atoms with van der Waals surface area (Å²) in [6, 6.07) is 25.2. The summed E-state index contributed by atoms with van der Waals surface area (Å²) in [4.78, 5) is 27.3. The molecular weight excluding hydrogens is 444 g/mol. The van der Waals surface area contributed by atoms with Crippen LogP contribution < -0.4 is 9.64 Å². The van der Waals surface area contributed by atoms with Crippen molar-refractivity contribution in [3.63, 3.8) is 0 Å².